The minimum atomic E-state index is 0.0740. The van der Waals surface area contributed by atoms with E-state index in [0.29, 0.717) is 5.95 Å². The Balaban J connectivity index is 3.06. The minimum absolute atomic E-state index is 0.0740. The van der Waals surface area contributed by atoms with Crippen molar-refractivity contribution in [1.29, 1.82) is 0 Å². The highest BCUT2D eigenvalue weighted by molar-refractivity contribution is 7.18. The van der Waals surface area contributed by atoms with Gasteiger partial charge in [-0.05, 0) is 32.6 Å². The van der Waals surface area contributed by atoms with Crippen molar-refractivity contribution in [2.45, 2.75) is 0 Å². The fourth-order valence-corrected chi connectivity index (χ4v) is 0.883. The van der Waals surface area contributed by atoms with Gasteiger partial charge in [-0.1, -0.05) is 0 Å². The first-order chi connectivity index (χ1) is 4.72. The molecule has 1 heterocycles. The zero-order valence-corrected chi connectivity index (χ0v) is 7.34. The summed E-state index contributed by atoms with van der Waals surface area (Å²) in [7, 11) is 2.22. The zero-order valence-electron chi connectivity index (χ0n) is 4.67. The average Bonchev–Trinajstić information content (AvgIpc) is 1.85. The van der Waals surface area contributed by atoms with Crippen LogP contribution in [0.4, 0.5) is 5.95 Å². The summed E-state index contributed by atoms with van der Waals surface area (Å²) in [6.45, 7) is 0. The van der Waals surface area contributed by atoms with Crippen LogP contribution < -0.4 is 5.09 Å². The molecule has 1 N–H and O–H groups in total. The highest BCUT2D eigenvalue weighted by atomic mass is 35.5. The van der Waals surface area contributed by atoms with Crippen molar-refractivity contribution in [2.75, 3.05) is 5.09 Å². The van der Waals surface area contributed by atoms with Crippen LogP contribution in [0.25, 0.3) is 0 Å². The molecule has 0 aliphatic carbocycles. The Morgan fingerprint density at radius 3 is 2.00 bits per heavy atom. The molecule has 0 saturated heterocycles. The Morgan fingerprint density at radius 1 is 1.10 bits per heavy atom. The summed E-state index contributed by atoms with van der Waals surface area (Å²) in [5.74, 6) is 0.329. The quantitative estimate of drug-likeness (QED) is 0.690. The Bertz CT molecular complexity index is 222. The molecule has 0 aliphatic rings. The second-order valence-electron chi connectivity index (χ2n) is 1.34. The number of nitrogens with zero attached hydrogens (tertiary/aromatic N) is 3. The first-order valence-electron chi connectivity index (χ1n) is 2.26. The van der Waals surface area contributed by atoms with Gasteiger partial charge in [-0.3, -0.25) is 0 Å². The first kappa shape index (κ1) is 7.92. The second kappa shape index (κ2) is 3.28. The van der Waals surface area contributed by atoms with Crippen LogP contribution in [0.5, 0.6) is 0 Å². The zero-order chi connectivity index (χ0) is 7.56. The third kappa shape index (κ3) is 1.90. The van der Waals surface area contributed by atoms with E-state index in [9.17, 15) is 0 Å². The number of anilines is 1. The van der Waals surface area contributed by atoms with Gasteiger partial charge < -0.3 is 5.09 Å². The molecule has 0 aromatic carbocycles. The van der Waals surface area contributed by atoms with E-state index in [2.05, 4.69) is 29.4 Å². The molecule has 0 bridgehead atoms. The molecular formula is C3H3Cl2N4P. The Morgan fingerprint density at radius 2 is 1.60 bits per heavy atom. The van der Waals surface area contributed by atoms with Crippen LogP contribution in [-0.2, 0) is 0 Å². The van der Waals surface area contributed by atoms with Crippen LogP contribution in [0, 0.1) is 0 Å². The summed E-state index contributed by atoms with van der Waals surface area (Å²) >= 11 is 10.9. The lowest BCUT2D eigenvalue weighted by Gasteiger charge is -1.96. The van der Waals surface area contributed by atoms with Gasteiger partial charge in [0.2, 0.25) is 16.5 Å². The molecular weight excluding hydrogens is 194 g/mol. The molecule has 1 unspecified atom stereocenters. The van der Waals surface area contributed by atoms with Crippen molar-refractivity contribution in [2.24, 2.45) is 0 Å². The van der Waals surface area contributed by atoms with Gasteiger partial charge in [0.1, 0.15) is 0 Å². The molecule has 1 aromatic rings. The van der Waals surface area contributed by atoms with Crippen molar-refractivity contribution in [1.82, 2.24) is 15.0 Å². The maximum Gasteiger partial charge on any atom is 0.231 e. The Kier molecular flexibility index (Phi) is 2.60. The van der Waals surface area contributed by atoms with E-state index in [1.165, 1.54) is 0 Å². The Hall–Kier alpha value is -0.180. The predicted octanol–water partition coefficient (Wildman–Crippen LogP) is 1.38. The molecule has 4 nitrogen and oxygen atoms in total. The number of hydrogen-bond acceptors (Lipinski definition) is 4. The predicted molar refractivity (Wildman–Crippen MR) is 43.2 cm³/mol. The van der Waals surface area contributed by atoms with E-state index in [0.717, 1.165) is 0 Å². The average molecular weight is 197 g/mol. The first-order valence-corrected chi connectivity index (χ1v) is 3.59. The van der Waals surface area contributed by atoms with Gasteiger partial charge in [0.15, 0.2) is 0 Å². The summed E-state index contributed by atoms with van der Waals surface area (Å²) in [5.41, 5.74) is 0. The number of aromatic nitrogens is 3. The summed E-state index contributed by atoms with van der Waals surface area (Å²) in [4.78, 5) is 10.9. The van der Waals surface area contributed by atoms with Gasteiger partial charge in [0.25, 0.3) is 0 Å². The fraction of sp³-hybridized carbons (Fsp3) is 0. The van der Waals surface area contributed by atoms with E-state index in [1.54, 1.807) is 0 Å². The summed E-state index contributed by atoms with van der Waals surface area (Å²) < 4.78 is 0. The van der Waals surface area contributed by atoms with Crippen LogP contribution in [0.15, 0.2) is 0 Å². The number of rotatable bonds is 1. The molecule has 0 saturated carbocycles. The van der Waals surface area contributed by atoms with E-state index in [-0.39, 0.29) is 10.6 Å². The summed E-state index contributed by atoms with van der Waals surface area (Å²) in [6, 6.07) is 0. The molecule has 1 rings (SSSR count). The summed E-state index contributed by atoms with van der Waals surface area (Å²) in [6.07, 6.45) is 0. The van der Waals surface area contributed by atoms with Gasteiger partial charge in [-0.15, -0.1) is 0 Å². The Labute approximate surface area is 69.6 Å². The van der Waals surface area contributed by atoms with Crippen LogP contribution in [0.3, 0.4) is 0 Å². The van der Waals surface area contributed by atoms with Gasteiger partial charge in [0, 0.05) is 0 Å². The maximum atomic E-state index is 5.43. The lowest BCUT2D eigenvalue weighted by molar-refractivity contribution is 1.06. The third-order valence-electron chi connectivity index (χ3n) is 0.710. The van der Waals surface area contributed by atoms with Crippen molar-refractivity contribution in [3.05, 3.63) is 10.6 Å². The molecule has 0 amide bonds. The second-order valence-corrected chi connectivity index (χ2v) is 2.31. The monoisotopic (exact) mass is 196 g/mol. The smallest absolute Gasteiger partial charge is 0.231 e. The van der Waals surface area contributed by atoms with Gasteiger partial charge in [-0.2, -0.15) is 15.0 Å². The van der Waals surface area contributed by atoms with Gasteiger partial charge in [-0.25, -0.2) is 0 Å². The van der Waals surface area contributed by atoms with E-state index in [1.807, 2.05) is 0 Å². The standard InChI is InChI=1S/C3H3Cl2N4P/c4-1-6-2(5)8-3(7-1)9-10/h10H2,(H,6,7,8,9). The molecule has 1 aromatic heterocycles. The van der Waals surface area contributed by atoms with Crippen LogP contribution >= 0.6 is 32.6 Å². The minimum Gasteiger partial charge on any atom is -0.339 e. The van der Waals surface area contributed by atoms with Crippen LogP contribution in [-0.4, -0.2) is 15.0 Å². The molecule has 0 radical (unpaired) electrons. The largest absolute Gasteiger partial charge is 0.339 e. The number of hydrogen-bond donors (Lipinski definition) is 1. The third-order valence-corrected chi connectivity index (χ3v) is 1.31. The van der Waals surface area contributed by atoms with Crippen molar-refractivity contribution >= 4 is 38.5 Å². The van der Waals surface area contributed by atoms with Crippen molar-refractivity contribution < 1.29 is 0 Å². The fourth-order valence-electron chi connectivity index (χ4n) is 0.390. The number of nitrogens with one attached hydrogen (secondary N) is 1. The SMILES string of the molecule is PNc1nc(Cl)nc(Cl)n1. The van der Waals surface area contributed by atoms with Gasteiger partial charge in [0.05, 0.1) is 0 Å². The number of halogens is 2. The van der Waals surface area contributed by atoms with E-state index in [4.69, 9.17) is 23.2 Å². The normalized spacial score (nSPS) is 9.50. The molecule has 54 valence electrons. The van der Waals surface area contributed by atoms with E-state index >= 15 is 0 Å². The topological polar surface area (TPSA) is 50.7 Å². The molecule has 0 aliphatic heterocycles. The molecule has 10 heavy (non-hydrogen) atoms. The van der Waals surface area contributed by atoms with Crippen LogP contribution in [0.1, 0.15) is 0 Å². The maximum absolute atomic E-state index is 5.43. The highest BCUT2D eigenvalue weighted by Crippen LogP contribution is 2.09. The molecule has 0 spiro atoms. The van der Waals surface area contributed by atoms with Gasteiger partial charge >= 0.3 is 0 Å². The lowest BCUT2D eigenvalue weighted by Crippen LogP contribution is -1.93. The van der Waals surface area contributed by atoms with Crippen molar-refractivity contribution in [3.8, 4) is 0 Å². The van der Waals surface area contributed by atoms with E-state index < -0.39 is 0 Å². The van der Waals surface area contributed by atoms with Crippen molar-refractivity contribution in [3.63, 3.8) is 0 Å². The lowest BCUT2D eigenvalue weighted by atomic mass is 11.0. The van der Waals surface area contributed by atoms with Crippen LogP contribution in [0.2, 0.25) is 10.6 Å². The highest BCUT2D eigenvalue weighted by Gasteiger charge is 1.98. The molecule has 0 fully saturated rings. The molecule has 7 heteroatoms. The molecule has 1 atom stereocenters. The summed E-state index contributed by atoms with van der Waals surface area (Å²) in [5, 5.41) is 2.74.